The van der Waals surface area contributed by atoms with Crippen molar-refractivity contribution in [3.05, 3.63) is 59.9 Å². The summed E-state index contributed by atoms with van der Waals surface area (Å²) in [7, 11) is 0. The Kier molecular flexibility index (Phi) is 6.63. The van der Waals surface area contributed by atoms with E-state index in [9.17, 15) is 19.1 Å². The third-order valence-corrected chi connectivity index (χ3v) is 4.76. The number of hydrogen-bond donors (Lipinski definition) is 2. The van der Waals surface area contributed by atoms with Crippen LogP contribution in [0.1, 0.15) is 19.4 Å². The second kappa shape index (κ2) is 8.71. The first kappa shape index (κ1) is 19.8. The topological polar surface area (TPSA) is 75.6 Å². The minimum absolute atomic E-state index is 0.0536. The second-order valence-corrected chi connectivity index (χ2v) is 6.73. The van der Waals surface area contributed by atoms with Crippen LogP contribution in [0.25, 0.3) is 0 Å². The number of carbonyl (C=O) groups excluding carboxylic acids is 1. The Morgan fingerprint density at radius 2 is 1.77 bits per heavy atom. The van der Waals surface area contributed by atoms with Crippen molar-refractivity contribution in [2.75, 3.05) is 12.4 Å². The maximum atomic E-state index is 13.1. The molecular weight excluding hydrogens is 357 g/mol. The van der Waals surface area contributed by atoms with Crippen molar-refractivity contribution in [2.24, 2.45) is 0 Å². The zero-order valence-corrected chi connectivity index (χ0v) is 15.3. The van der Waals surface area contributed by atoms with E-state index in [2.05, 4.69) is 5.32 Å². The van der Waals surface area contributed by atoms with Crippen LogP contribution in [-0.4, -0.2) is 29.3 Å². The first-order valence-electron chi connectivity index (χ1n) is 8.01. The number of ether oxygens (including phenoxy) is 1. The lowest BCUT2D eigenvalue weighted by atomic mass is 9.92. The Morgan fingerprint density at radius 1 is 1.15 bits per heavy atom. The minimum atomic E-state index is -1.63. The third kappa shape index (κ3) is 4.98. The van der Waals surface area contributed by atoms with E-state index in [1.807, 2.05) is 31.2 Å². The SMILES string of the molecule is CCOc1ccc(SCC(=O)NC(C)(C(=O)O)c2ccc(F)cc2)cc1. The molecule has 0 saturated carbocycles. The van der Waals surface area contributed by atoms with Gasteiger partial charge < -0.3 is 15.2 Å². The molecule has 0 bridgehead atoms. The van der Waals surface area contributed by atoms with Gasteiger partial charge in [-0.3, -0.25) is 4.79 Å². The standard InChI is InChI=1S/C19H20FNO4S/c1-3-25-15-8-10-16(11-9-15)26-12-17(22)21-19(2,18(23)24)13-4-6-14(20)7-5-13/h4-11H,3,12H2,1-2H3,(H,21,22)(H,23,24). The molecule has 1 amide bonds. The molecule has 0 spiro atoms. The van der Waals surface area contributed by atoms with Crippen LogP contribution in [0.15, 0.2) is 53.4 Å². The summed E-state index contributed by atoms with van der Waals surface area (Å²) in [5, 5.41) is 12.1. The largest absolute Gasteiger partial charge is 0.494 e. The molecule has 2 rings (SSSR count). The summed E-state index contributed by atoms with van der Waals surface area (Å²) in [4.78, 5) is 24.8. The maximum Gasteiger partial charge on any atom is 0.333 e. The molecule has 0 aliphatic carbocycles. The average Bonchev–Trinajstić information content (AvgIpc) is 2.61. The molecule has 0 fully saturated rings. The Hall–Kier alpha value is -2.54. The van der Waals surface area contributed by atoms with Gasteiger partial charge in [-0.25, -0.2) is 9.18 Å². The number of benzene rings is 2. The van der Waals surface area contributed by atoms with Gasteiger partial charge in [-0.05, 0) is 55.8 Å². The molecule has 0 aromatic heterocycles. The average molecular weight is 377 g/mol. The Morgan fingerprint density at radius 3 is 2.31 bits per heavy atom. The summed E-state index contributed by atoms with van der Waals surface area (Å²) >= 11 is 1.28. The van der Waals surface area contributed by atoms with Gasteiger partial charge in [-0.1, -0.05) is 12.1 Å². The van der Waals surface area contributed by atoms with E-state index in [4.69, 9.17) is 4.74 Å². The highest BCUT2D eigenvalue weighted by Crippen LogP contribution is 2.24. The van der Waals surface area contributed by atoms with E-state index in [-0.39, 0.29) is 5.75 Å². The van der Waals surface area contributed by atoms with Gasteiger partial charge in [-0.15, -0.1) is 11.8 Å². The molecular formula is C19H20FNO4S. The van der Waals surface area contributed by atoms with Crippen LogP contribution in [-0.2, 0) is 15.1 Å². The van der Waals surface area contributed by atoms with Crippen molar-refractivity contribution in [3.8, 4) is 5.75 Å². The van der Waals surface area contributed by atoms with E-state index in [0.29, 0.717) is 12.2 Å². The summed E-state index contributed by atoms with van der Waals surface area (Å²) in [6.07, 6.45) is 0. The molecule has 2 aromatic carbocycles. The monoisotopic (exact) mass is 377 g/mol. The van der Waals surface area contributed by atoms with Crippen molar-refractivity contribution < 1.29 is 23.8 Å². The van der Waals surface area contributed by atoms with E-state index >= 15 is 0 Å². The smallest absolute Gasteiger partial charge is 0.333 e. The highest BCUT2D eigenvalue weighted by Gasteiger charge is 2.36. The number of halogens is 1. The van der Waals surface area contributed by atoms with Gasteiger partial charge >= 0.3 is 5.97 Å². The fourth-order valence-corrected chi connectivity index (χ4v) is 2.99. The van der Waals surface area contributed by atoms with E-state index < -0.39 is 23.2 Å². The van der Waals surface area contributed by atoms with Gasteiger partial charge in [-0.2, -0.15) is 0 Å². The van der Waals surface area contributed by atoms with Gasteiger partial charge in [0.15, 0.2) is 5.54 Å². The summed E-state index contributed by atoms with van der Waals surface area (Å²) in [6.45, 7) is 3.85. The quantitative estimate of drug-likeness (QED) is 0.690. The number of amides is 1. The molecule has 2 N–H and O–H groups in total. The molecule has 0 radical (unpaired) electrons. The van der Waals surface area contributed by atoms with Gasteiger partial charge in [0, 0.05) is 4.90 Å². The van der Waals surface area contributed by atoms with E-state index in [1.165, 1.54) is 30.8 Å². The van der Waals surface area contributed by atoms with Crippen LogP contribution in [0.5, 0.6) is 5.75 Å². The number of aliphatic carboxylic acids is 1. The summed E-state index contributed by atoms with van der Waals surface area (Å²) in [5.41, 5.74) is -1.34. The van der Waals surface area contributed by atoms with Crippen molar-refractivity contribution in [3.63, 3.8) is 0 Å². The fraction of sp³-hybridized carbons (Fsp3) is 0.263. The molecule has 0 aliphatic rings. The van der Waals surface area contributed by atoms with Crippen LogP contribution in [0.4, 0.5) is 4.39 Å². The highest BCUT2D eigenvalue weighted by molar-refractivity contribution is 8.00. The lowest BCUT2D eigenvalue weighted by Gasteiger charge is -2.26. The zero-order chi connectivity index (χ0) is 19.2. The summed E-state index contributed by atoms with van der Waals surface area (Å²) < 4.78 is 18.4. The molecule has 0 saturated heterocycles. The third-order valence-electron chi connectivity index (χ3n) is 3.74. The van der Waals surface area contributed by atoms with Crippen molar-refractivity contribution in [1.82, 2.24) is 5.32 Å². The fourth-order valence-electron chi connectivity index (χ4n) is 2.29. The number of nitrogens with one attached hydrogen (secondary N) is 1. The van der Waals surface area contributed by atoms with Crippen molar-refractivity contribution >= 4 is 23.6 Å². The number of hydrogen-bond acceptors (Lipinski definition) is 4. The van der Waals surface area contributed by atoms with E-state index in [0.717, 1.165) is 22.8 Å². The lowest BCUT2D eigenvalue weighted by molar-refractivity contribution is -0.147. The molecule has 0 aliphatic heterocycles. The van der Waals surface area contributed by atoms with Gasteiger partial charge in [0.1, 0.15) is 11.6 Å². The predicted molar refractivity (Wildman–Crippen MR) is 97.9 cm³/mol. The predicted octanol–water partition coefficient (Wildman–Crippen LogP) is 3.43. The maximum absolute atomic E-state index is 13.1. The number of carboxylic acid groups (broad SMARTS) is 1. The highest BCUT2D eigenvalue weighted by atomic mass is 32.2. The van der Waals surface area contributed by atoms with Crippen molar-refractivity contribution in [2.45, 2.75) is 24.3 Å². The lowest BCUT2D eigenvalue weighted by Crippen LogP contribution is -2.50. The first-order valence-corrected chi connectivity index (χ1v) is 9.00. The molecule has 26 heavy (non-hydrogen) atoms. The Bertz CT molecular complexity index is 764. The van der Waals surface area contributed by atoms with Gasteiger partial charge in [0.2, 0.25) is 5.91 Å². The molecule has 138 valence electrons. The van der Waals surface area contributed by atoms with Crippen LogP contribution in [0, 0.1) is 5.82 Å². The Labute approximate surface area is 155 Å². The van der Waals surface area contributed by atoms with Crippen LogP contribution >= 0.6 is 11.8 Å². The number of rotatable bonds is 8. The molecule has 7 heteroatoms. The molecule has 1 atom stereocenters. The number of carboxylic acids is 1. The molecule has 0 heterocycles. The second-order valence-electron chi connectivity index (χ2n) is 5.68. The Balaban J connectivity index is 2.01. The molecule has 5 nitrogen and oxygen atoms in total. The number of thioether (sulfide) groups is 1. The van der Waals surface area contributed by atoms with Gasteiger partial charge in [0.05, 0.1) is 12.4 Å². The minimum Gasteiger partial charge on any atom is -0.494 e. The summed E-state index contributed by atoms with van der Waals surface area (Å²) in [5.74, 6) is -1.32. The zero-order valence-electron chi connectivity index (χ0n) is 14.5. The molecule has 1 unspecified atom stereocenters. The first-order chi connectivity index (χ1) is 12.3. The van der Waals surface area contributed by atoms with Crippen LogP contribution in [0.3, 0.4) is 0 Å². The van der Waals surface area contributed by atoms with Crippen molar-refractivity contribution in [1.29, 1.82) is 0 Å². The van der Waals surface area contributed by atoms with Crippen LogP contribution in [0.2, 0.25) is 0 Å². The van der Waals surface area contributed by atoms with E-state index in [1.54, 1.807) is 0 Å². The van der Waals surface area contributed by atoms with Gasteiger partial charge in [0.25, 0.3) is 0 Å². The summed E-state index contributed by atoms with van der Waals surface area (Å²) in [6, 6.07) is 12.3. The van der Waals surface area contributed by atoms with Crippen LogP contribution < -0.4 is 10.1 Å². The normalized spacial score (nSPS) is 12.9. The number of carbonyl (C=O) groups is 2. The molecule has 2 aromatic rings.